The summed E-state index contributed by atoms with van der Waals surface area (Å²) in [5.41, 5.74) is 3.83. The van der Waals surface area contributed by atoms with Gasteiger partial charge in [0.2, 0.25) is 0 Å². The van der Waals surface area contributed by atoms with Crippen molar-refractivity contribution in [3.8, 4) is 5.75 Å². The Kier molecular flexibility index (Phi) is 4.01. The van der Waals surface area contributed by atoms with Crippen molar-refractivity contribution < 1.29 is 36.0 Å². The van der Waals surface area contributed by atoms with E-state index in [4.69, 9.17) is 5.73 Å². The highest BCUT2D eigenvalue weighted by molar-refractivity contribution is 5.58. The summed E-state index contributed by atoms with van der Waals surface area (Å²) < 4.78 is 77.3. The van der Waals surface area contributed by atoms with Gasteiger partial charge in [-0.1, -0.05) is 0 Å². The lowest BCUT2D eigenvalue weighted by atomic mass is 10.2. The minimum Gasteiger partial charge on any atom is -0.469 e. The Hall–Kier alpha value is -2.20. The van der Waals surface area contributed by atoms with E-state index >= 15 is 0 Å². The first kappa shape index (κ1) is 15.9. The Morgan fingerprint density at radius 2 is 1.65 bits per heavy atom. The van der Waals surface area contributed by atoms with Gasteiger partial charge in [-0.05, 0) is 6.07 Å². The third kappa shape index (κ3) is 3.65. The Morgan fingerprint density at radius 3 is 2.00 bits per heavy atom. The molecule has 0 saturated heterocycles. The second kappa shape index (κ2) is 5.06. The lowest BCUT2D eigenvalue weighted by molar-refractivity contribution is -0.384. The van der Waals surface area contributed by atoms with Crippen LogP contribution in [0.5, 0.6) is 5.75 Å². The first-order valence-electron chi connectivity index (χ1n) is 4.77. The fourth-order valence-corrected chi connectivity index (χ4v) is 1.20. The van der Waals surface area contributed by atoms with Crippen molar-refractivity contribution in [1.82, 2.24) is 0 Å². The Balaban J connectivity index is 3.10. The third-order valence-corrected chi connectivity index (χ3v) is 2.04. The van der Waals surface area contributed by atoms with Gasteiger partial charge in [0.1, 0.15) is 5.75 Å². The molecule has 0 unspecified atom stereocenters. The number of halogens is 6. The van der Waals surface area contributed by atoms with Gasteiger partial charge in [0.05, 0.1) is 10.6 Å². The van der Waals surface area contributed by atoms with Crippen molar-refractivity contribution in [1.29, 1.82) is 0 Å². The summed E-state index contributed by atoms with van der Waals surface area (Å²) in [7, 11) is 0. The number of hydrogen-bond donors (Lipinski definition) is 1. The molecule has 1 aromatic rings. The Bertz CT molecular complexity index is 499. The number of nitrogens with two attached hydrogens (primary N) is 1. The molecule has 0 bridgehead atoms. The molecule has 112 valence electrons. The summed E-state index contributed by atoms with van der Waals surface area (Å²) in [5.74, 6) is -0.949. The normalized spacial score (nSPS) is 12.6. The summed E-state index contributed by atoms with van der Waals surface area (Å²) >= 11 is 0. The van der Waals surface area contributed by atoms with E-state index in [1.165, 1.54) is 0 Å². The van der Waals surface area contributed by atoms with E-state index in [1.807, 2.05) is 0 Å². The van der Waals surface area contributed by atoms with Crippen molar-refractivity contribution in [3.63, 3.8) is 0 Å². The van der Waals surface area contributed by atoms with E-state index in [2.05, 4.69) is 4.74 Å². The van der Waals surface area contributed by atoms with Gasteiger partial charge in [-0.25, -0.2) is 0 Å². The highest BCUT2D eigenvalue weighted by Gasteiger charge is 2.59. The van der Waals surface area contributed by atoms with Crippen molar-refractivity contribution in [2.75, 3.05) is 5.73 Å². The number of nitro groups is 1. The number of nitrogen functional groups attached to an aromatic ring is 1. The highest BCUT2D eigenvalue weighted by Crippen LogP contribution is 2.38. The number of rotatable bonds is 3. The molecule has 1 aromatic carbocycles. The van der Waals surface area contributed by atoms with E-state index in [1.54, 1.807) is 0 Å². The fourth-order valence-electron chi connectivity index (χ4n) is 1.20. The zero-order valence-electron chi connectivity index (χ0n) is 9.33. The average molecular weight is 304 g/mol. The van der Waals surface area contributed by atoms with Crippen molar-refractivity contribution >= 4 is 11.4 Å². The highest BCUT2D eigenvalue weighted by atomic mass is 19.4. The van der Waals surface area contributed by atoms with Gasteiger partial charge < -0.3 is 10.5 Å². The van der Waals surface area contributed by atoms with Crippen LogP contribution in [0.4, 0.5) is 37.7 Å². The lowest BCUT2D eigenvalue weighted by Crippen LogP contribution is -2.46. The summed E-state index contributed by atoms with van der Waals surface area (Å²) in [6, 6.07) is 1.84. The zero-order chi connectivity index (χ0) is 15.7. The predicted molar refractivity (Wildman–Crippen MR) is 54.0 cm³/mol. The molecule has 11 heteroatoms. The number of benzene rings is 1. The molecular formula is C9H6F6N2O3. The number of alkyl halides is 6. The predicted octanol–water partition coefficient (Wildman–Crippen LogP) is 3.05. The molecule has 20 heavy (non-hydrogen) atoms. The van der Waals surface area contributed by atoms with Gasteiger partial charge in [0.15, 0.2) is 0 Å². The molecule has 0 atom stereocenters. The smallest absolute Gasteiger partial charge is 0.434 e. The maximum absolute atomic E-state index is 12.2. The van der Waals surface area contributed by atoms with Gasteiger partial charge in [-0.15, -0.1) is 0 Å². The molecule has 0 radical (unpaired) electrons. The molecule has 0 aromatic heterocycles. The first-order chi connectivity index (χ1) is 8.93. The van der Waals surface area contributed by atoms with Gasteiger partial charge in [0.25, 0.3) is 11.8 Å². The number of nitro benzene ring substituents is 1. The molecular weight excluding hydrogens is 298 g/mol. The first-order valence-corrected chi connectivity index (χ1v) is 4.77. The van der Waals surface area contributed by atoms with Crippen LogP contribution in [0.3, 0.4) is 0 Å². The van der Waals surface area contributed by atoms with Crippen LogP contribution in [0.25, 0.3) is 0 Å². The molecule has 0 aliphatic heterocycles. The maximum Gasteiger partial charge on any atom is 0.434 e. The molecule has 1 rings (SSSR count). The SMILES string of the molecule is Nc1cc([N+](=O)[O-])ccc1OC(C(F)(F)F)C(F)(F)F. The lowest BCUT2D eigenvalue weighted by Gasteiger charge is -2.24. The minimum atomic E-state index is -5.70. The molecule has 0 heterocycles. The van der Waals surface area contributed by atoms with Crippen LogP contribution in [0.1, 0.15) is 0 Å². The summed E-state index contributed by atoms with van der Waals surface area (Å²) in [6.45, 7) is 0. The van der Waals surface area contributed by atoms with E-state index in [0.717, 1.165) is 0 Å². The molecule has 0 aliphatic carbocycles. The Morgan fingerprint density at radius 1 is 1.15 bits per heavy atom. The van der Waals surface area contributed by atoms with Gasteiger partial charge in [-0.2, -0.15) is 26.3 Å². The van der Waals surface area contributed by atoms with E-state index in [0.29, 0.717) is 18.2 Å². The average Bonchev–Trinajstić information content (AvgIpc) is 2.23. The van der Waals surface area contributed by atoms with Crippen LogP contribution >= 0.6 is 0 Å². The van der Waals surface area contributed by atoms with Crippen molar-refractivity contribution in [2.45, 2.75) is 18.5 Å². The quantitative estimate of drug-likeness (QED) is 0.403. The number of hydrogen-bond acceptors (Lipinski definition) is 4. The second-order valence-corrected chi connectivity index (χ2v) is 3.56. The number of anilines is 1. The second-order valence-electron chi connectivity index (χ2n) is 3.56. The van der Waals surface area contributed by atoms with Gasteiger partial charge in [0, 0.05) is 12.1 Å². The zero-order valence-corrected chi connectivity index (χ0v) is 9.33. The maximum atomic E-state index is 12.2. The van der Waals surface area contributed by atoms with E-state index in [-0.39, 0.29) is 0 Å². The molecule has 0 saturated carbocycles. The summed E-state index contributed by atoms with van der Waals surface area (Å²) in [6.07, 6.45) is -15.5. The van der Waals surface area contributed by atoms with Crippen LogP contribution in [0.15, 0.2) is 18.2 Å². The molecule has 5 nitrogen and oxygen atoms in total. The monoisotopic (exact) mass is 304 g/mol. The van der Waals surface area contributed by atoms with E-state index in [9.17, 15) is 36.5 Å². The van der Waals surface area contributed by atoms with Gasteiger partial charge >= 0.3 is 12.4 Å². The topological polar surface area (TPSA) is 78.4 Å². The van der Waals surface area contributed by atoms with E-state index < -0.39 is 40.5 Å². The number of nitrogens with zero attached hydrogens (tertiary/aromatic N) is 1. The van der Waals surface area contributed by atoms with Crippen molar-refractivity contribution in [2.24, 2.45) is 0 Å². The van der Waals surface area contributed by atoms with Crippen LogP contribution < -0.4 is 10.5 Å². The van der Waals surface area contributed by atoms with Crippen molar-refractivity contribution in [3.05, 3.63) is 28.3 Å². The molecule has 2 N–H and O–H groups in total. The molecule has 0 amide bonds. The molecule has 0 aliphatic rings. The fraction of sp³-hybridized carbons (Fsp3) is 0.333. The molecule has 0 fully saturated rings. The van der Waals surface area contributed by atoms with Gasteiger partial charge in [-0.3, -0.25) is 10.1 Å². The van der Waals surface area contributed by atoms with Crippen LogP contribution in [0, 0.1) is 10.1 Å². The summed E-state index contributed by atoms with van der Waals surface area (Å²) in [5, 5.41) is 10.4. The Labute approximate surface area is 107 Å². The van der Waals surface area contributed by atoms with Crippen LogP contribution in [-0.2, 0) is 0 Å². The summed E-state index contributed by atoms with van der Waals surface area (Å²) in [4.78, 5) is 9.44. The number of ether oxygens (including phenoxy) is 1. The number of non-ortho nitro benzene ring substituents is 1. The molecule has 0 spiro atoms. The van der Waals surface area contributed by atoms with Crippen LogP contribution in [-0.4, -0.2) is 23.4 Å². The minimum absolute atomic E-state index is 0.567. The largest absolute Gasteiger partial charge is 0.469 e. The van der Waals surface area contributed by atoms with Crippen LogP contribution in [0.2, 0.25) is 0 Å². The third-order valence-electron chi connectivity index (χ3n) is 2.04. The standard InChI is InChI=1S/C9H6F6N2O3/c10-8(11,12)7(9(13,14)15)20-6-2-1-4(17(18)19)3-5(6)16/h1-3,7H,16H2.